The van der Waals surface area contributed by atoms with Gasteiger partial charge in [0.05, 0.1) is 27.6 Å². The number of pyridine rings is 2. The molecule has 0 spiro atoms. The first-order valence-corrected chi connectivity index (χ1v) is 8.85. The monoisotopic (exact) mass is 407 g/mol. The van der Waals surface area contributed by atoms with Crippen LogP contribution in [0.2, 0.25) is 0 Å². The minimum Gasteiger partial charge on any atom is -0.292 e. The molecule has 27 heavy (non-hydrogen) atoms. The molecule has 1 atom stereocenters. The molecule has 3 aromatic rings. The Bertz CT molecular complexity index is 1010. The molecule has 0 saturated heterocycles. The highest BCUT2D eigenvalue weighted by molar-refractivity contribution is 7.85. The van der Waals surface area contributed by atoms with E-state index < -0.39 is 34.3 Å². The molecule has 1 unspecified atom stereocenters. The summed E-state index contributed by atoms with van der Waals surface area (Å²) in [6.07, 6.45) is -7.49. The number of fused-ring (bicyclic) bond motifs is 1. The Morgan fingerprint density at radius 1 is 1.04 bits per heavy atom. The average Bonchev–Trinajstić information content (AvgIpc) is 2.98. The van der Waals surface area contributed by atoms with Gasteiger partial charge in [-0.3, -0.25) is 13.6 Å². The first-order valence-electron chi connectivity index (χ1n) is 7.53. The summed E-state index contributed by atoms with van der Waals surface area (Å²) in [6.45, 7) is 1.60. The third-order valence-corrected chi connectivity index (χ3v) is 5.07. The van der Waals surface area contributed by atoms with Gasteiger partial charge in [-0.25, -0.2) is 4.98 Å². The molecule has 11 heteroatoms. The van der Waals surface area contributed by atoms with Crippen LogP contribution in [0.15, 0.2) is 41.7 Å². The van der Waals surface area contributed by atoms with Gasteiger partial charge in [-0.05, 0) is 24.3 Å². The molecule has 0 aliphatic rings. The van der Waals surface area contributed by atoms with Crippen molar-refractivity contribution in [1.29, 1.82) is 0 Å². The first-order chi connectivity index (χ1) is 12.5. The van der Waals surface area contributed by atoms with Crippen molar-refractivity contribution in [2.75, 3.05) is 5.75 Å². The lowest BCUT2D eigenvalue weighted by Crippen LogP contribution is -2.07. The third kappa shape index (κ3) is 3.68. The lowest BCUT2D eigenvalue weighted by atomic mass is 10.2. The molecule has 0 aromatic carbocycles. The maximum absolute atomic E-state index is 12.9. The van der Waals surface area contributed by atoms with E-state index in [4.69, 9.17) is 0 Å². The van der Waals surface area contributed by atoms with Crippen molar-refractivity contribution in [2.24, 2.45) is 0 Å². The summed E-state index contributed by atoms with van der Waals surface area (Å²) in [6, 6.07) is 3.43. The standard InChI is InChI=1S/C16H11F6N3OS/c1-2-27(26)14-13(11-4-3-10(8-23-11)16(20,21)22)24-12-7-9(15(17,18)19)5-6-25(12)14/h3-8H,2H2,1H3. The van der Waals surface area contributed by atoms with Gasteiger partial charge in [-0.15, -0.1) is 0 Å². The number of halogens is 6. The number of hydrogen-bond donors (Lipinski definition) is 0. The maximum atomic E-state index is 12.9. The van der Waals surface area contributed by atoms with E-state index in [1.807, 2.05) is 0 Å². The van der Waals surface area contributed by atoms with E-state index in [-0.39, 0.29) is 27.8 Å². The zero-order valence-corrected chi connectivity index (χ0v) is 14.4. The summed E-state index contributed by atoms with van der Waals surface area (Å²) in [4.78, 5) is 7.75. The highest BCUT2D eigenvalue weighted by atomic mass is 32.2. The third-order valence-electron chi connectivity index (χ3n) is 3.72. The molecule has 0 radical (unpaired) electrons. The molecule has 3 rings (SSSR count). The maximum Gasteiger partial charge on any atom is 0.417 e. The molecule has 0 aliphatic carbocycles. The normalized spacial score (nSPS) is 13.9. The molecule has 0 fully saturated rings. The van der Waals surface area contributed by atoms with Crippen molar-refractivity contribution in [3.63, 3.8) is 0 Å². The summed E-state index contributed by atoms with van der Waals surface area (Å²) in [7, 11) is -1.64. The van der Waals surface area contributed by atoms with Gasteiger partial charge in [0.2, 0.25) is 0 Å². The van der Waals surface area contributed by atoms with Gasteiger partial charge < -0.3 is 0 Å². The van der Waals surface area contributed by atoms with Gasteiger partial charge in [-0.2, -0.15) is 26.3 Å². The minimum atomic E-state index is -4.59. The van der Waals surface area contributed by atoms with Crippen LogP contribution in [0.4, 0.5) is 26.3 Å². The highest BCUT2D eigenvalue weighted by Gasteiger charge is 2.33. The Balaban J connectivity index is 2.20. The number of imidazole rings is 1. The zero-order valence-electron chi connectivity index (χ0n) is 13.6. The van der Waals surface area contributed by atoms with E-state index in [1.165, 1.54) is 4.40 Å². The predicted octanol–water partition coefficient (Wildman–Crippen LogP) is 4.56. The van der Waals surface area contributed by atoms with E-state index in [9.17, 15) is 30.6 Å². The summed E-state index contributed by atoms with van der Waals surface area (Å²) in [5, 5.41) is 0.0773. The second-order valence-corrected chi connectivity index (χ2v) is 7.13. The predicted molar refractivity (Wildman–Crippen MR) is 85.4 cm³/mol. The fraction of sp³-hybridized carbons (Fsp3) is 0.250. The second-order valence-electron chi connectivity index (χ2n) is 5.47. The van der Waals surface area contributed by atoms with Gasteiger partial charge in [0, 0.05) is 18.1 Å². The van der Waals surface area contributed by atoms with Crippen LogP contribution in [0.5, 0.6) is 0 Å². The smallest absolute Gasteiger partial charge is 0.292 e. The Kier molecular flexibility index (Phi) is 4.74. The number of nitrogens with zero attached hydrogens (tertiary/aromatic N) is 3. The van der Waals surface area contributed by atoms with Crippen LogP contribution in [0.1, 0.15) is 18.1 Å². The van der Waals surface area contributed by atoms with Gasteiger partial charge >= 0.3 is 12.4 Å². The molecule has 3 aromatic heterocycles. The molecule has 0 amide bonds. The van der Waals surface area contributed by atoms with Crippen LogP contribution in [0.25, 0.3) is 17.0 Å². The summed E-state index contributed by atoms with van der Waals surface area (Å²) >= 11 is 0. The van der Waals surface area contributed by atoms with Crippen LogP contribution in [-0.2, 0) is 23.2 Å². The highest BCUT2D eigenvalue weighted by Crippen LogP contribution is 2.33. The van der Waals surface area contributed by atoms with E-state index in [0.717, 1.165) is 30.5 Å². The van der Waals surface area contributed by atoms with Crippen LogP contribution >= 0.6 is 0 Å². The number of hydrogen-bond acceptors (Lipinski definition) is 3. The number of alkyl halides is 6. The summed E-state index contributed by atoms with van der Waals surface area (Å²) in [5.74, 6) is 0.141. The average molecular weight is 407 g/mol. The minimum absolute atomic E-state index is 0.0166. The quantitative estimate of drug-likeness (QED) is 0.598. The van der Waals surface area contributed by atoms with Crippen LogP contribution in [-0.4, -0.2) is 24.3 Å². The van der Waals surface area contributed by atoms with Crippen molar-refractivity contribution in [2.45, 2.75) is 24.3 Å². The molecule has 3 heterocycles. The second kappa shape index (κ2) is 6.63. The topological polar surface area (TPSA) is 47.3 Å². The summed E-state index contributed by atoms with van der Waals surface area (Å²) in [5.41, 5.74) is -2.09. The van der Waals surface area contributed by atoms with E-state index in [2.05, 4.69) is 9.97 Å². The van der Waals surface area contributed by atoms with E-state index >= 15 is 0 Å². The first kappa shape index (κ1) is 19.3. The number of rotatable bonds is 3. The van der Waals surface area contributed by atoms with Crippen LogP contribution in [0.3, 0.4) is 0 Å². The Morgan fingerprint density at radius 2 is 1.70 bits per heavy atom. The fourth-order valence-electron chi connectivity index (χ4n) is 2.42. The molecule has 0 aliphatic heterocycles. The Hall–Kier alpha value is -2.43. The molecule has 144 valence electrons. The van der Waals surface area contributed by atoms with Crippen molar-refractivity contribution in [3.8, 4) is 11.4 Å². The molecule has 4 nitrogen and oxygen atoms in total. The zero-order chi connectivity index (χ0) is 20.0. The molecular formula is C16H11F6N3OS. The molecular weight excluding hydrogens is 396 g/mol. The van der Waals surface area contributed by atoms with Crippen LogP contribution in [0, 0.1) is 0 Å². The Labute approximate surface area is 151 Å². The molecule has 0 saturated carbocycles. The van der Waals surface area contributed by atoms with Gasteiger partial charge in [-0.1, -0.05) is 6.92 Å². The van der Waals surface area contributed by atoms with E-state index in [1.54, 1.807) is 6.92 Å². The SMILES string of the molecule is CCS(=O)c1c(-c2ccc(C(F)(F)F)cn2)nc2cc(C(F)(F)F)ccn12. The van der Waals surface area contributed by atoms with Crippen molar-refractivity contribution >= 4 is 16.4 Å². The number of aromatic nitrogens is 3. The van der Waals surface area contributed by atoms with Crippen molar-refractivity contribution in [1.82, 2.24) is 14.4 Å². The van der Waals surface area contributed by atoms with E-state index in [0.29, 0.717) is 6.20 Å². The largest absolute Gasteiger partial charge is 0.417 e. The molecule has 0 bridgehead atoms. The van der Waals surface area contributed by atoms with Crippen molar-refractivity contribution < 1.29 is 30.6 Å². The lowest BCUT2D eigenvalue weighted by molar-refractivity contribution is -0.138. The van der Waals surface area contributed by atoms with Gasteiger partial charge in [0.25, 0.3) is 0 Å². The van der Waals surface area contributed by atoms with Gasteiger partial charge in [0.1, 0.15) is 16.4 Å². The lowest BCUT2D eigenvalue weighted by Gasteiger charge is -2.08. The molecule has 0 N–H and O–H groups in total. The van der Waals surface area contributed by atoms with Gasteiger partial charge in [0.15, 0.2) is 0 Å². The van der Waals surface area contributed by atoms with Crippen molar-refractivity contribution in [3.05, 3.63) is 47.8 Å². The fourth-order valence-corrected chi connectivity index (χ4v) is 3.43. The Morgan fingerprint density at radius 3 is 2.22 bits per heavy atom. The summed E-state index contributed by atoms with van der Waals surface area (Å²) < 4.78 is 90.4. The van der Waals surface area contributed by atoms with Crippen LogP contribution < -0.4 is 0 Å².